The molecule has 0 radical (unpaired) electrons. The van der Waals surface area contributed by atoms with Gasteiger partial charge in [-0.1, -0.05) is 51.5 Å². The summed E-state index contributed by atoms with van der Waals surface area (Å²) in [7, 11) is 0. The molecule has 0 N–H and O–H groups in total. The lowest BCUT2D eigenvalue weighted by Crippen LogP contribution is -2.39. The molecule has 0 aliphatic heterocycles. The van der Waals surface area contributed by atoms with Gasteiger partial charge in [-0.05, 0) is 49.4 Å². The van der Waals surface area contributed by atoms with Crippen LogP contribution in [0.5, 0.6) is 11.6 Å². The molecule has 1 amide bonds. The van der Waals surface area contributed by atoms with Gasteiger partial charge < -0.3 is 9.64 Å². The van der Waals surface area contributed by atoms with Crippen molar-refractivity contribution in [2.75, 3.05) is 6.54 Å². The Hall–Kier alpha value is -3.15. The number of ether oxygens (including phenoxy) is 1. The predicted octanol–water partition coefficient (Wildman–Crippen LogP) is 6.47. The van der Waals surface area contributed by atoms with Crippen molar-refractivity contribution in [1.82, 2.24) is 14.7 Å². The number of rotatable bonds is 9. The zero-order valence-electron chi connectivity index (χ0n) is 19.6. The van der Waals surface area contributed by atoms with Crippen molar-refractivity contribution < 1.29 is 13.9 Å². The Morgan fingerprint density at radius 2 is 1.94 bits per heavy atom. The second kappa shape index (κ2) is 10.2. The summed E-state index contributed by atoms with van der Waals surface area (Å²) in [6.07, 6.45) is 3.92. The van der Waals surface area contributed by atoms with Crippen molar-refractivity contribution in [2.24, 2.45) is 5.92 Å². The van der Waals surface area contributed by atoms with Crippen LogP contribution >= 0.6 is 0 Å². The Bertz CT molecular complexity index is 1090. The van der Waals surface area contributed by atoms with Crippen LogP contribution in [0.1, 0.15) is 63.6 Å². The van der Waals surface area contributed by atoms with Crippen molar-refractivity contribution >= 4 is 5.91 Å². The average Bonchev–Trinajstić information content (AvgIpc) is 3.11. The van der Waals surface area contributed by atoms with Crippen LogP contribution in [0.2, 0.25) is 0 Å². The van der Waals surface area contributed by atoms with Gasteiger partial charge >= 0.3 is 0 Å². The van der Waals surface area contributed by atoms with Gasteiger partial charge in [0.25, 0.3) is 0 Å². The Morgan fingerprint density at radius 1 is 1.18 bits per heavy atom. The van der Waals surface area contributed by atoms with Crippen molar-refractivity contribution in [3.63, 3.8) is 0 Å². The van der Waals surface area contributed by atoms with Gasteiger partial charge in [-0.3, -0.25) is 4.79 Å². The normalized spacial score (nSPS) is 13.7. The lowest BCUT2D eigenvalue weighted by atomic mass is 9.84. The Labute approximate surface area is 195 Å². The van der Waals surface area contributed by atoms with E-state index >= 15 is 0 Å². The molecule has 0 spiro atoms. The van der Waals surface area contributed by atoms with Crippen LogP contribution in [0.4, 0.5) is 4.39 Å². The third kappa shape index (κ3) is 5.10. The molecule has 1 aliphatic carbocycles. The fourth-order valence-corrected chi connectivity index (χ4v) is 4.20. The Kier molecular flexibility index (Phi) is 7.11. The summed E-state index contributed by atoms with van der Waals surface area (Å²) in [6, 6.07) is 15.9. The molecule has 0 bridgehead atoms. The van der Waals surface area contributed by atoms with E-state index in [1.54, 1.807) is 16.8 Å². The molecule has 6 heteroatoms. The maximum atomic E-state index is 13.9. The van der Waals surface area contributed by atoms with Gasteiger partial charge in [0.15, 0.2) is 0 Å². The zero-order chi connectivity index (χ0) is 23.4. The number of para-hydroxylation sites is 1. The monoisotopic (exact) mass is 449 g/mol. The van der Waals surface area contributed by atoms with Crippen LogP contribution < -0.4 is 4.74 Å². The van der Waals surface area contributed by atoms with Gasteiger partial charge in [-0.15, -0.1) is 0 Å². The molecule has 174 valence electrons. The number of carbonyl (C=O) groups is 1. The Balaban J connectivity index is 1.80. The van der Waals surface area contributed by atoms with E-state index < -0.39 is 0 Å². The quantitative estimate of drug-likeness (QED) is 0.376. The second-order valence-corrected chi connectivity index (χ2v) is 9.02. The largest absolute Gasteiger partial charge is 0.438 e. The highest BCUT2D eigenvalue weighted by molar-refractivity contribution is 5.79. The molecule has 0 unspecified atom stereocenters. The minimum absolute atomic E-state index is 0.121. The van der Waals surface area contributed by atoms with Gasteiger partial charge in [0, 0.05) is 18.5 Å². The minimum Gasteiger partial charge on any atom is -0.438 e. The van der Waals surface area contributed by atoms with Gasteiger partial charge in [0.1, 0.15) is 11.6 Å². The number of carbonyl (C=O) groups excluding carboxylic acids is 1. The van der Waals surface area contributed by atoms with Gasteiger partial charge in [-0.25, -0.2) is 9.07 Å². The maximum absolute atomic E-state index is 13.9. The zero-order valence-corrected chi connectivity index (χ0v) is 19.6. The number of amides is 1. The van der Waals surface area contributed by atoms with Crippen molar-refractivity contribution in [2.45, 2.75) is 58.9 Å². The molecule has 0 saturated heterocycles. The summed E-state index contributed by atoms with van der Waals surface area (Å²) in [5, 5.41) is 4.91. The molecule has 1 heterocycles. The molecule has 4 rings (SSSR count). The molecule has 1 saturated carbocycles. The van der Waals surface area contributed by atoms with E-state index in [4.69, 9.17) is 9.84 Å². The number of aromatic nitrogens is 2. The molecule has 0 atom stereocenters. The van der Waals surface area contributed by atoms with E-state index in [1.807, 2.05) is 35.2 Å². The number of nitrogens with zero attached hydrogens (tertiary/aromatic N) is 3. The van der Waals surface area contributed by atoms with E-state index in [9.17, 15) is 9.18 Å². The van der Waals surface area contributed by atoms with E-state index in [0.717, 1.165) is 42.6 Å². The highest BCUT2D eigenvalue weighted by Gasteiger charge is 2.32. The molecule has 2 aromatic carbocycles. The third-order valence-electron chi connectivity index (χ3n) is 6.13. The van der Waals surface area contributed by atoms with Crippen LogP contribution in [0, 0.1) is 11.7 Å². The summed E-state index contributed by atoms with van der Waals surface area (Å²) in [5.41, 5.74) is 2.61. The van der Waals surface area contributed by atoms with Gasteiger partial charge in [0.2, 0.25) is 11.8 Å². The van der Waals surface area contributed by atoms with Crippen LogP contribution in [0.15, 0.2) is 54.6 Å². The van der Waals surface area contributed by atoms with Crippen molar-refractivity contribution in [3.05, 3.63) is 71.7 Å². The summed E-state index contributed by atoms with van der Waals surface area (Å²) in [4.78, 5) is 15.1. The third-order valence-corrected chi connectivity index (χ3v) is 6.13. The lowest BCUT2D eigenvalue weighted by molar-refractivity contribution is -0.138. The summed E-state index contributed by atoms with van der Waals surface area (Å²) < 4.78 is 22.0. The Morgan fingerprint density at radius 3 is 2.55 bits per heavy atom. The molecular weight excluding hydrogens is 417 g/mol. The predicted molar refractivity (Wildman–Crippen MR) is 127 cm³/mol. The fraction of sp³-hybridized carbons (Fsp3) is 0.407. The summed E-state index contributed by atoms with van der Waals surface area (Å²) in [6.45, 7) is 7.37. The maximum Gasteiger partial charge on any atom is 0.227 e. The summed E-state index contributed by atoms with van der Waals surface area (Å²) >= 11 is 0. The first-order valence-electron chi connectivity index (χ1n) is 11.9. The lowest BCUT2D eigenvalue weighted by Gasteiger charge is -2.32. The first-order valence-corrected chi connectivity index (χ1v) is 11.9. The fourth-order valence-electron chi connectivity index (χ4n) is 4.20. The van der Waals surface area contributed by atoms with Crippen LogP contribution in [0.25, 0.3) is 5.69 Å². The van der Waals surface area contributed by atoms with Crippen molar-refractivity contribution in [1.29, 1.82) is 0 Å². The smallest absolute Gasteiger partial charge is 0.227 e. The molecular formula is C27H32FN3O2. The van der Waals surface area contributed by atoms with E-state index in [-0.39, 0.29) is 23.6 Å². The summed E-state index contributed by atoms with van der Waals surface area (Å²) in [5.74, 6) is 1.02. The van der Waals surface area contributed by atoms with E-state index in [1.165, 1.54) is 12.1 Å². The SMILES string of the molecule is CCCN(Cc1c(C(C)C)nn(-c2ccccc2)c1Oc1cccc(F)c1)C(=O)C1CCC1. The molecule has 5 nitrogen and oxygen atoms in total. The second-order valence-electron chi connectivity index (χ2n) is 9.02. The van der Waals surface area contributed by atoms with E-state index in [0.29, 0.717) is 24.7 Å². The number of halogens is 1. The molecule has 1 aromatic heterocycles. The van der Waals surface area contributed by atoms with Crippen LogP contribution in [-0.2, 0) is 11.3 Å². The number of hydrogen-bond donors (Lipinski definition) is 0. The first-order chi connectivity index (χ1) is 16.0. The highest BCUT2D eigenvalue weighted by atomic mass is 19.1. The molecule has 1 aliphatic rings. The number of benzene rings is 2. The molecule has 1 fully saturated rings. The minimum atomic E-state index is -0.364. The average molecular weight is 450 g/mol. The van der Waals surface area contributed by atoms with Crippen molar-refractivity contribution in [3.8, 4) is 17.3 Å². The standard InChI is InChI=1S/C27H32FN3O2/c1-4-16-30(26(32)20-10-8-11-20)18-24-25(19(2)3)29-31(22-13-6-5-7-14-22)27(24)33-23-15-9-12-21(28)17-23/h5-7,9,12-15,17,19-20H,4,8,10-11,16,18H2,1-3H3. The van der Waals surface area contributed by atoms with Crippen LogP contribution in [0.3, 0.4) is 0 Å². The van der Waals surface area contributed by atoms with E-state index in [2.05, 4.69) is 20.8 Å². The first kappa shape index (κ1) is 23.0. The molecule has 33 heavy (non-hydrogen) atoms. The highest BCUT2D eigenvalue weighted by Crippen LogP contribution is 2.36. The van der Waals surface area contributed by atoms with Gasteiger partial charge in [0.05, 0.1) is 23.5 Å². The number of hydrogen-bond acceptors (Lipinski definition) is 3. The molecule has 3 aromatic rings. The van der Waals surface area contributed by atoms with Crippen LogP contribution in [-0.4, -0.2) is 27.1 Å². The van der Waals surface area contributed by atoms with Gasteiger partial charge in [-0.2, -0.15) is 5.10 Å². The topological polar surface area (TPSA) is 47.4 Å².